The summed E-state index contributed by atoms with van der Waals surface area (Å²) in [6.45, 7) is 6.51. The van der Waals surface area contributed by atoms with Crippen LogP contribution in [-0.4, -0.2) is 34.0 Å². The number of amidine groups is 1. The van der Waals surface area contributed by atoms with Crippen molar-refractivity contribution in [2.45, 2.75) is 20.4 Å². The highest BCUT2D eigenvalue weighted by Gasteiger charge is 2.14. The number of benzene rings is 1. The van der Waals surface area contributed by atoms with Crippen molar-refractivity contribution in [1.82, 2.24) is 9.88 Å². The Hall–Kier alpha value is -2.14. The zero-order chi connectivity index (χ0) is 15.2. The van der Waals surface area contributed by atoms with Crippen LogP contribution in [0.2, 0.25) is 0 Å². The molecule has 0 bridgehead atoms. The smallest absolute Gasteiger partial charge is 0.143 e. The van der Waals surface area contributed by atoms with Crippen LogP contribution in [0.1, 0.15) is 19.4 Å². The molecule has 21 heavy (non-hydrogen) atoms. The van der Waals surface area contributed by atoms with E-state index in [0.717, 1.165) is 30.5 Å². The summed E-state index contributed by atoms with van der Waals surface area (Å²) >= 11 is 0. The quantitative estimate of drug-likeness (QED) is 0.370. The van der Waals surface area contributed by atoms with Gasteiger partial charge in [-0.3, -0.25) is 9.88 Å². The highest BCUT2D eigenvalue weighted by atomic mass is 16.4. The number of oxime groups is 1. The lowest BCUT2D eigenvalue weighted by atomic mass is 10.1. The number of nitrogens with zero attached hydrogens (tertiary/aromatic N) is 3. The molecule has 0 saturated heterocycles. The van der Waals surface area contributed by atoms with Crippen molar-refractivity contribution in [2.75, 3.05) is 13.1 Å². The summed E-state index contributed by atoms with van der Waals surface area (Å²) in [6.07, 6.45) is 1.82. The lowest BCUT2D eigenvalue weighted by Gasteiger charge is -2.24. The molecule has 1 aromatic carbocycles. The van der Waals surface area contributed by atoms with E-state index in [1.807, 2.05) is 19.2 Å². The van der Waals surface area contributed by atoms with E-state index in [2.05, 4.69) is 46.2 Å². The third-order valence-corrected chi connectivity index (χ3v) is 3.71. The first-order valence-electron chi connectivity index (χ1n) is 7.18. The molecule has 0 fully saturated rings. The van der Waals surface area contributed by atoms with E-state index in [0.29, 0.717) is 0 Å². The first kappa shape index (κ1) is 15.3. The maximum Gasteiger partial charge on any atom is 0.143 e. The van der Waals surface area contributed by atoms with E-state index < -0.39 is 0 Å². The SMILES string of the molecule is CCN(Cc1cccc2cccnc12)CC(C)C(N)=NO. The number of fused-ring (bicyclic) bond motifs is 1. The molecule has 0 spiro atoms. The third-order valence-electron chi connectivity index (χ3n) is 3.71. The predicted molar refractivity (Wildman–Crippen MR) is 85.3 cm³/mol. The number of nitrogens with two attached hydrogens (primary N) is 1. The van der Waals surface area contributed by atoms with Crippen LogP contribution in [0.15, 0.2) is 41.7 Å². The standard InChI is InChI=1S/C16H22N4O/c1-3-20(10-12(2)16(17)19-21)11-14-7-4-6-13-8-5-9-18-15(13)14/h4-9,12,21H,3,10-11H2,1-2H3,(H2,17,19). The van der Waals surface area contributed by atoms with E-state index in [1.54, 1.807) is 0 Å². The molecule has 5 heteroatoms. The molecule has 3 N–H and O–H groups in total. The van der Waals surface area contributed by atoms with Gasteiger partial charge in [-0.15, -0.1) is 0 Å². The third kappa shape index (κ3) is 3.70. The van der Waals surface area contributed by atoms with Gasteiger partial charge in [0.1, 0.15) is 5.84 Å². The van der Waals surface area contributed by atoms with E-state index in [9.17, 15) is 0 Å². The molecule has 2 rings (SSSR count). The molecule has 112 valence electrons. The van der Waals surface area contributed by atoms with Crippen molar-refractivity contribution in [3.05, 3.63) is 42.1 Å². The molecule has 1 heterocycles. The van der Waals surface area contributed by atoms with Gasteiger partial charge in [-0.1, -0.05) is 43.3 Å². The van der Waals surface area contributed by atoms with Gasteiger partial charge in [-0.05, 0) is 18.2 Å². The van der Waals surface area contributed by atoms with Gasteiger partial charge in [0.05, 0.1) is 5.52 Å². The summed E-state index contributed by atoms with van der Waals surface area (Å²) < 4.78 is 0. The normalized spacial score (nSPS) is 13.8. The Kier molecular flexibility index (Phi) is 5.11. The maximum absolute atomic E-state index is 8.76. The number of pyridine rings is 1. The summed E-state index contributed by atoms with van der Waals surface area (Å²) in [4.78, 5) is 6.75. The number of hydrogen-bond donors (Lipinski definition) is 2. The highest BCUT2D eigenvalue weighted by Crippen LogP contribution is 2.18. The minimum absolute atomic E-state index is 0.0119. The van der Waals surface area contributed by atoms with E-state index >= 15 is 0 Å². The Labute approximate surface area is 125 Å². The van der Waals surface area contributed by atoms with Gasteiger partial charge in [0.2, 0.25) is 0 Å². The average Bonchev–Trinajstić information content (AvgIpc) is 2.53. The summed E-state index contributed by atoms with van der Waals surface area (Å²) in [5, 5.41) is 13.0. The van der Waals surface area contributed by atoms with Crippen molar-refractivity contribution in [2.24, 2.45) is 16.8 Å². The van der Waals surface area contributed by atoms with Gasteiger partial charge in [0, 0.05) is 30.6 Å². The summed E-state index contributed by atoms with van der Waals surface area (Å²) in [5.41, 5.74) is 7.90. The van der Waals surface area contributed by atoms with Gasteiger partial charge in [0.15, 0.2) is 0 Å². The predicted octanol–water partition coefficient (Wildman–Crippen LogP) is 2.44. The molecule has 0 aliphatic carbocycles. The van der Waals surface area contributed by atoms with Crippen molar-refractivity contribution >= 4 is 16.7 Å². The fourth-order valence-electron chi connectivity index (χ4n) is 2.42. The molecule has 1 aromatic heterocycles. The maximum atomic E-state index is 8.76. The summed E-state index contributed by atoms with van der Waals surface area (Å²) in [5.74, 6) is 0.280. The number of aromatic nitrogens is 1. The molecule has 1 atom stereocenters. The second-order valence-electron chi connectivity index (χ2n) is 5.25. The van der Waals surface area contributed by atoms with Gasteiger partial charge in [-0.2, -0.15) is 0 Å². The second-order valence-corrected chi connectivity index (χ2v) is 5.25. The van der Waals surface area contributed by atoms with Crippen LogP contribution in [0.25, 0.3) is 10.9 Å². The van der Waals surface area contributed by atoms with E-state index in [1.165, 1.54) is 5.56 Å². The van der Waals surface area contributed by atoms with Crippen molar-refractivity contribution in [1.29, 1.82) is 0 Å². The van der Waals surface area contributed by atoms with Crippen LogP contribution in [0, 0.1) is 5.92 Å². The molecule has 0 aliphatic rings. The van der Waals surface area contributed by atoms with Crippen LogP contribution in [0.3, 0.4) is 0 Å². The van der Waals surface area contributed by atoms with Gasteiger partial charge < -0.3 is 10.9 Å². The van der Waals surface area contributed by atoms with E-state index in [4.69, 9.17) is 10.9 Å². The molecule has 5 nitrogen and oxygen atoms in total. The van der Waals surface area contributed by atoms with Crippen molar-refractivity contribution in [3.8, 4) is 0 Å². The van der Waals surface area contributed by atoms with Gasteiger partial charge in [-0.25, -0.2) is 0 Å². The van der Waals surface area contributed by atoms with Gasteiger partial charge >= 0.3 is 0 Å². The molecular weight excluding hydrogens is 264 g/mol. The average molecular weight is 286 g/mol. The summed E-state index contributed by atoms with van der Waals surface area (Å²) in [7, 11) is 0. The Morgan fingerprint density at radius 3 is 2.86 bits per heavy atom. The molecule has 0 amide bonds. The highest BCUT2D eigenvalue weighted by molar-refractivity contribution is 5.82. The topological polar surface area (TPSA) is 74.7 Å². The van der Waals surface area contributed by atoms with Crippen LogP contribution in [0.5, 0.6) is 0 Å². The Morgan fingerprint density at radius 1 is 1.38 bits per heavy atom. The van der Waals surface area contributed by atoms with Crippen molar-refractivity contribution < 1.29 is 5.21 Å². The second kappa shape index (κ2) is 7.04. The zero-order valence-corrected chi connectivity index (χ0v) is 12.5. The monoisotopic (exact) mass is 286 g/mol. The molecule has 1 unspecified atom stereocenters. The zero-order valence-electron chi connectivity index (χ0n) is 12.5. The number of para-hydroxylation sites is 1. The molecule has 0 radical (unpaired) electrons. The lowest BCUT2D eigenvalue weighted by molar-refractivity contribution is 0.258. The van der Waals surface area contributed by atoms with Crippen LogP contribution in [0.4, 0.5) is 0 Å². The fourth-order valence-corrected chi connectivity index (χ4v) is 2.42. The Morgan fingerprint density at radius 2 is 2.14 bits per heavy atom. The van der Waals surface area contributed by atoms with Crippen LogP contribution in [-0.2, 0) is 6.54 Å². The Balaban J connectivity index is 2.17. The summed E-state index contributed by atoms with van der Waals surface area (Å²) in [6, 6.07) is 10.2. The first-order valence-corrected chi connectivity index (χ1v) is 7.18. The van der Waals surface area contributed by atoms with Crippen LogP contribution < -0.4 is 5.73 Å². The number of rotatable bonds is 6. The molecular formula is C16H22N4O. The molecule has 2 aromatic rings. The fraction of sp³-hybridized carbons (Fsp3) is 0.375. The minimum atomic E-state index is 0.0119. The van der Waals surface area contributed by atoms with Gasteiger partial charge in [0.25, 0.3) is 0 Å². The molecule has 0 aliphatic heterocycles. The van der Waals surface area contributed by atoms with E-state index in [-0.39, 0.29) is 11.8 Å². The minimum Gasteiger partial charge on any atom is -0.409 e. The molecule has 0 saturated carbocycles. The van der Waals surface area contributed by atoms with Crippen molar-refractivity contribution in [3.63, 3.8) is 0 Å². The number of hydrogen-bond acceptors (Lipinski definition) is 4. The Bertz CT molecular complexity index is 621. The van der Waals surface area contributed by atoms with Crippen LogP contribution >= 0.6 is 0 Å². The largest absolute Gasteiger partial charge is 0.409 e. The first-order chi connectivity index (χ1) is 10.2. The lowest BCUT2D eigenvalue weighted by Crippen LogP contribution is -2.34.